The average molecular weight is 289 g/mol. The molecule has 1 aliphatic heterocycles. The van der Waals surface area contributed by atoms with Crippen LogP contribution in [0.15, 0.2) is 12.1 Å². The van der Waals surface area contributed by atoms with Crippen LogP contribution in [0.2, 0.25) is 0 Å². The highest BCUT2D eigenvalue weighted by Gasteiger charge is 2.33. The summed E-state index contributed by atoms with van der Waals surface area (Å²) in [4.78, 5) is 5.20. The van der Waals surface area contributed by atoms with Crippen LogP contribution in [0.4, 0.5) is 0 Å². The topological polar surface area (TPSA) is 23.5 Å². The fourth-order valence-electron chi connectivity index (χ4n) is 3.78. The Labute approximate surface area is 125 Å². The lowest BCUT2D eigenvalue weighted by molar-refractivity contribution is 0.0555. The number of hydrogen-bond acceptors (Lipinski definition) is 3. The van der Waals surface area contributed by atoms with Crippen LogP contribution in [-0.2, 0) is 6.54 Å². The maximum atomic E-state index is 8.75. The molecule has 1 saturated heterocycles. The first kappa shape index (κ1) is 14.1. The van der Waals surface area contributed by atoms with E-state index in [0.29, 0.717) is 0 Å². The van der Waals surface area contributed by atoms with Crippen molar-refractivity contribution in [2.75, 3.05) is 13.2 Å². The fourth-order valence-corrected chi connectivity index (χ4v) is 4.69. The summed E-state index contributed by atoms with van der Waals surface area (Å²) in [6.45, 7) is 2.30. The SMILES string of the molecule is OCC#Cc1ccc(CN2CCCC3CCCCC32)s1. The first-order chi connectivity index (χ1) is 9.86. The van der Waals surface area contributed by atoms with Crippen molar-refractivity contribution in [1.82, 2.24) is 4.90 Å². The number of fused-ring (bicyclic) bond motifs is 1. The zero-order valence-electron chi connectivity index (χ0n) is 12.0. The molecule has 2 atom stereocenters. The van der Waals surface area contributed by atoms with Crippen molar-refractivity contribution in [2.24, 2.45) is 5.92 Å². The van der Waals surface area contributed by atoms with Gasteiger partial charge in [-0.25, -0.2) is 0 Å². The lowest BCUT2D eigenvalue weighted by Gasteiger charge is -2.44. The minimum absolute atomic E-state index is 0.0525. The third kappa shape index (κ3) is 3.25. The molecule has 1 aromatic rings. The monoisotopic (exact) mass is 289 g/mol. The van der Waals surface area contributed by atoms with Gasteiger partial charge >= 0.3 is 0 Å². The molecular weight excluding hydrogens is 266 g/mol. The van der Waals surface area contributed by atoms with Gasteiger partial charge in [0.15, 0.2) is 0 Å². The Morgan fingerprint density at radius 1 is 1.20 bits per heavy atom. The van der Waals surface area contributed by atoms with Gasteiger partial charge in [0.1, 0.15) is 6.61 Å². The van der Waals surface area contributed by atoms with Gasteiger partial charge < -0.3 is 5.11 Å². The van der Waals surface area contributed by atoms with E-state index in [1.807, 2.05) is 0 Å². The number of aliphatic hydroxyl groups excluding tert-OH is 1. The van der Waals surface area contributed by atoms with E-state index in [4.69, 9.17) is 5.11 Å². The number of nitrogens with zero attached hydrogens (tertiary/aromatic N) is 1. The number of rotatable bonds is 2. The van der Waals surface area contributed by atoms with E-state index in [2.05, 4.69) is 28.9 Å². The Kier molecular flexibility index (Phi) is 4.77. The second-order valence-electron chi connectivity index (χ2n) is 5.95. The highest BCUT2D eigenvalue weighted by molar-refractivity contribution is 7.12. The molecule has 1 N–H and O–H groups in total. The molecule has 1 aliphatic carbocycles. The second-order valence-corrected chi connectivity index (χ2v) is 7.12. The quantitative estimate of drug-likeness (QED) is 0.845. The second kappa shape index (κ2) is 6.76. The molecule has 2 aliphatic rings. The molecule has 0 radical (unpaired) electrons. The molecule has 108 valence electrons. The lowest BCUT2D eigenvalue weighted by Crippen LogP contribution is -2.46. The Morgan fingerprint density at radius 3 is 2.95 bits per heavy atom. The molecule has 2 fully saturated rings. The molecular formula is C17H23NOS. The Morgan fingerprint density at radius 2 is 2.05 bits per heavy atom. The summed E-state index contributed by atoms with van der Waals surface area (Å²) >= 11 is 1.78. The van der Waals surface area contributed by atoms with Crippen LogP contribution in [0.3, 0.4) is 0 Å². The molecule has 1 aromatic heterocycles. The van der Waals surface area contributed by atoms with E-state index in [-0.39, 0.29) is 6.61 Å². The van der Waals surface area contributed by atoms with Crippen LogP contribution in [0.5, 0.6) is 0 Å². The number of thiophene rings is 1. The van der Waals surface area contributed by atoms with Gasteiger partial charge in [-0.05, 0) is 50.3 Å². The first-order valence-electron chi connectivity index (χ1n) is 7.79. The first-order valence-corrected chi connectivity index (χ1v) is 8.61. The van der Waals surface area contributed by atoms with Crippen molar-refractivity contribution in [3.05, 3.63) is 21.9 Å². The molecule has 0 amide bonds. The summed E-state index contributed by atoms with van der Waals surface area (Å²) in [6, 6.07) is 5.12. The zero-order chi connectivity index (χ0) is 13.8. The summed E-state index contributed by atoms with van der Waals surface area (Å²) in [5.41, 5.74) is 0. The van der Waals surface area contributed by atoms with Gasteiger partial charge in [-0.1, -0.05) is 24.7 Å². The number of aliphatic hydroxyl groups is 1. The van der Waals surface area contributed by atoms with E-state index in [1.54, 1.807) is 11.3 Å². The molecule has 2 nitrogen and oxygen atoms in total. The van der Waals surface area contributed by atoms with Crippen molar-refractivity contribution in [2.45, 2.75) is 51.1 Å². The fraction of sp³-hybridized carbons (Fsp3) is 0.647. The predicted molar refractivity (Wildman–Crippen MR) is 83.7 cm³/mol. The van der Waals surface area contributed by atoms with Gasteiger partial charge in [0, 0.05) is 17.5 Å². The van der Waals surface area contributed by atoms with E-state index in [1.165, 1.54) is 49.9 Å². The van der Waals surface area contributed by atoms with Gasteiger partial charge in [0.25, 0.3) is 0 Å². The van der Waals surface area contributed by atoms with Crippen molar-refractivity contribution in [3.63, 3.8) is 0 Å². The molecule has 2 heterocycles. The summed E-state index contributed by atoms with van der Waals surface area (Å²) in [5.74, 6) is 6.69. The molecule has 2 unspecified atom stereocenters. The minimum Gasteiger partial charge on any atom is -0.384 e. The molecule has 0 spiro atoms. The zero-order valence-corrected chi connectivity index (χ0v) is 12.8. The standard InChI is InChI=1S/C17H23NOS/c19-12-4-7-15-9-10-16(20-15)13-18-11-3-6-14-5-1-2-8-17(14)18/h9-10,14,17,19H,1-3,5-6,8,11-13H2. The Hall–Kier alpha value is -0.820. The largest absolute Gasteiger partial charge is 0.384 e. The van der Waals surface area contributed by atoms with Gasteiger partial charge in [-0.2, -0.15) is 0 Å². The average Bonchev–Trinajstić information content (AvgIpc) is 2.93. The maximum Gasteiger partial charge on any atom is 0.104 e. The van der Waals surface area contributed by atoms with Gasteiger partial charge in [0.05, 0.1) is 4.88 Å². The summed E-state index contributed by atoms with van der Waals surface area (Å²) < 4.78 is 0. The lowest BCUT2D eigenvalue weighted by atomic mass is 9.78. The van der Waals surface area contributed by atoms with Gasteiger partial charge in [0.2, 0.25) is 0 Å². The smallest absolute Gasteiger partial charge is 0.104 e. The minimum atomic E-state index is -0.0525. The van der Waals surface area contributed by atoms with Crippen LogP contribution in [0, 0.1) is 17.8 Å². The van der Waals surface area contributed by atoms with E-state index >= 15 is 0 Å². The van der Waals surface area contributed by atoms with Crippen molar-refractivity contribution < 1.29 is 5.11 Å². The van der Waals surface area contributed by atoms with Gasteiger partial charge in [-0.3, -0.25) is 4.90 Å². The predicted octanol–water partition coefficient (Wildman–Crippen LogP) is 3.25. The van der Waals surface area contributed by atoms with Crippen molar-refractivity contribution in [3.8, 4) is 11.8 Å². The third-order valence-corrected chi connectivity index (χ3v) is 5.65. The van der Waals surface area contributed by atoms with Crippen LogP contribution in [-0.4, -0.2) is 29.2 Å². The van der Waals surface area contributed by atoms with E-state index in [0.717, 1.165) is 23.4 Å². The van der Waals surface area contributed by atoms with Crippen LogP contribution >= 0.6 is 11.3 Å². The van der Waals surface area contributed by atoms with E-state index < -0.39 is 0 Å². The molecule has 0 bridgehead atoms. The van der Waals surface area contributed by atoms with Crippen molar-refractivity contribution >= 4 is 11.3 Å². The Balaban J connectivity index is 1.65. The molecule has 20 heavy (non-hydrogen) atoms. The van der Waals surface area contributed by atoms with Crippen LogP contribution < -0.4 is 0 Å². The number of hydrogen-bond donors (Lipinski definition) is 1. The molecule has 3 heteroatoms. The molecule has 0 aromatic carbocycles. The number of likely N-dealkylation sites (tertiary alicyclic amines) is 1. The van der Waals surface area contributed by atoms with E-state index in [9.17, 15) is 0 Å². The van der Waals surface area contributed by atoms with Gasteiger partial charge in [-0.15, -0.1) is 11.3 Å². The summed E-state index contributed by atoms with van der Waals surface area (Å²) in [7, 11) is 0. The molecule has 1 saturated carbocycles. The highest BCUT2D eigenvalue weighted by Crippen LogP contribution is 2.36. The summed E-state index contributed by atoms with van der Waals surface area (Å²) in [5, 5.41) is 8.75. The Bertz CT molecular complexity index is 497. The van der Waals surface area contributed by atoms with Crippen molar-refractivity contribution in [1.29, 1.82) is 0 Å². The normalized spacial score (nSPS) is 26.6. The molecule has 3 rings (SSSR count). The maximum absolute atomic E-state index is 8.75. The van der Waals surface area contributed by atoms with Crippen LogP contribution in [0.25, 0.3) is 0 Å². The summed E-state index contributed by atoms with van der Waals surface area (Å²) in [6.07, 6.45) is 8.50. The number of piperidine rings is 1. The highest BCUT2D eigenvalue weighted by atomic mass is 32.1. The van der Waals surface area contributed by atoms with Crippen LogP contribution in [0.1, 0.15) is 48.3 Å². The third-order valence-electron chi connectivity index (χ3n) is 4.67.